The number of nitrogens with zero attached hydrogens (tertiary/aromatic N) is 1. The molecule has 1 N–H and O–H groups in total. The molecule has 112 valence electrons. The van der Waals surface area contributed by atoms with Crippen LogP contribution in [0.3, 0.4) is 0 Å². The summed E-state index contributed by atoms with van der Waals surface area (Å²) in [7, 11) is -1.70. The van der Waals surface area contributed by atoms with E-state index in [0.717, 1.165) is 25.9 Å². The number of nitrogens with one attached hydrogen (secondary N) is 1. The molecular formula is C15H24N2O2S. The van der Waals surface area contributed by atoms with Crippen molar-refractivity contribution in [2.45, 2.75) is 43.5 Å². The maximum Gasteiger partial charge on any atom is 0.243 e. The van der Waals surface area contributed by atoms with Gasteiger partial charge in [0, 0.05) is 19.6 Å². The first-order valence-corrected chi connectivity index (χ1v) is 8.69. The van der Waals surface area contributed by atoms with Gasteiger partial charge in [0.25, 0.3) is 0 Å². The molecule has 0 aromatic heterocycles. The van der Waals surface area contributed by atoms with Crippen LogP contribution >= 0.6 is 0 Å². The number of hydrogen-bond acceptors (Lipinski definition) is 3. The molecule has 0 saturated carbocycles. The SMILES string of the molecule is CCC(C)c1ccc(S(=O)(=O)N(C)C2CCNC2)cc1. The Bertz CT molecular complexity index is 533. The third kappa shape index (κ3) is 3.05. The van der Waals surface area contributed by atoms with E-state index >= 15 is 0 Å². The summed E-state index contributed by atoms with van der Waals surface area (Å²) < 4.78 is 26.6. The minimum absolute atomic E-state index is 0.0641. The van der Waals surface area contributed by atoms with Crippen LogP contribution in [0.1, 0.15) is 38.2 Å². The lowest BCUT2D eigenvalue weighted by Crippen LogP contribution is -2.38. The lowest BCUT2D eigenvalue weighted by atomic mass is 9.99. The zero-order chi connectivity index (χ0) is 14.8. The predicted octanol–water partition coefficient (Wildman–Crippen LogP) is 2.18. The second-order valence-corrected chi connectivity index (χ2v) is 7.54. The van der Waals surface area contributed by atoms with Gasteiger partial charge in [-0.15, -0.1) is 0 Å². The van der Waals surface area contributed by atoms with Crippen molar-refractivity contribution in [2.75, 3.05) is 20.1 Å². The van der Waals surface area contributed by atoms with E-state index in [9.17, 15) is 8.42 Å². The Kier molecular flexibility index (Phi) is 4.83. The van der Waals surface area contributed by atoms with Crippen LogP contribution in [-0.4, -0.2) is 38.9 Å². The van der Waals surface area contributed by atoms with Gasteiger partial charge in [0.2, 0.25) is 10.0 Å². The number of sulfonamides is 1. The first-order valence-electron chi connectivity index (χ1n) is 7.25. The number of rotatable bonds is 5. The Labute approximate surface area is 122 Å². The standard InChI is InChI=1S/C15H24N2O2S/c1-4-12(2)13-5-7-15(8-6-13)20(18,19)17(3)14-9-10-16-11-14/h5-8,12,14,16H,4,9-11H2,1-3H3. The van der Waals surface area contributed by atoms with Gasteiger partial charge >= 0.3 is 0 Å². The summed E-state index contributed by atoms with van der Waals surface area (Å²) in [5.74, 6) is 0.462. The number of benzene rings is 1. The molecule has 1 aromatic carbocycles. The molecular weight excluding hydrogens is 272 g/mol. The van der Waals surface area contributed by atoms with Crippen molar-refractivity contribution in [3.05, 3.63) is 29.8 Å². The van der Waals surface area contributed by atoms with Crippen LogP contribution in [-0.2, 0) is 10.0 Å². The molecule has 2 rings (SSSR count). The Morgan fingerprint density at radius 1 is 1.35 bits per heavy atom. The highest BCUT2D eigenvalue weighted by Crippen LogP contribution is 2.23. The summed E-state index contributed by atoms with van der Waals surface area (Å²) in [6.45, 7) is 5.91. The van der Waals surface area contributed by atoms with Gasteiger partial charge in [-0.3, -0.25) is 0 Å². The average molecular weight is 296 g/mol. The van der Waals surface area contributed by atoms with Crippen molar-refractivity contribution in [1.82, 2.24) is 9.62 Å². The van der Waals surface area contributed by atoms with Crippen LogP contribution in [0.25, 0.3) is 0 Å². The van der Waals surface area contributed by atoms with Crippen LogP contribution in [0.5, 0.6) is 0 Å². The molecule has 1 aliphatic rings. The summed E-state index contributed by atoms with van der Waals surface area (Å²) in [5.41, 5.74) is 1.19. The Morgan fingerprint density at radius 2 is 2.00 bits per heavy atom. The molecule has 2 unspecified atom stereocenters. The molecule has 2 atom stereocenters. The zero-order valence-electron chi connectivity index (χ0n) is 12.5. The monoisotopic (exact) mass is 296 g/mol. The van der Waals surface area contributed by atoms with E-state index in [1.807, 2.05) is 12.1 Å². The highest BCUT2D eigenvalue weighted by Gasteiger charge is 2.29. The molecule has 0 aliphatic carbocycles. The van der Waals surface area contributed by atoms with Crippen LogP contribution in [0.15, 0.2) is 29.2 Å². The quantitative estimate of drug-likeness (QED) is 0.906. The molecule has 20 heavy (non-hydrogen) atoms. The molecule has 0 bridgehead atoms. The fourth-order valence-electron chi connectivity index (χ4n) is 2.52. The Morgan fingerprint density at radius 3 is 2.50 bits per heavy atom. The van der Waals surface area contributed by atoms with E-state index in [2.05, 4.69) is 19.2 Å². The van der Waals surface area contributed by atoms with E-state index in [-0.39, 0.29) is 6.04 Å². The molecule has 1 aliphatic heterocycles. The van der Waals surface area contributed by atoms with Crippen molar-refractivity contribution in [3.63, 3.8) is 0 Å². The van der Waals surface area contributed by atoms with Crippen LogP contribution in [0.2, 0.25) is 0 Å². The van der Waals surface area contributed by atoms with Gasteiger partial charge in [-0.1, -0.05) is 26.0 Å². The van der Waals surface area contributed by atoms with Crippen molar-refractivity contribution < 1.29 is 8.42 Å². The van der Waals surface area contributed by atoms with Gasteiger partial charge < -0.3 is 5.32 Å². The summed E-state index contributed by atoms with van der Waals surface area (Å²) in [5, 5.41) is 3.20. The van der Waals surface area contributed by atoms with E-state index < -0.39 is 10.0 Å². The summed E-state index contributed by atoms with van der Waals surface area (Å²) in [6.07, 6.45) is 1.93. The fraction of sp³-hybridized carbons (Fsp3) is 0.600. The average Bonchev–Trinajstić information content (AvgIpc) is 2.99. The Balaban J connectivity index is 2.20. The second-order valence-electron chi connectivity index (χ2n) is 5.55. The first kappa shape index (κ1) is 15.5. The highest BCUT2D eigenvalue weighted by molar-refractivity contribution is 7.89. The molecule has 1 saturated heterocycles. The molecule has 4 nitrogen and oxygen atoms in total. The Hall–Kier alpha value is -0.910. The van der Waals surface area contributed by atoms with Crippen molar-refractivity contribution >= 4 is 10.0 Å². The molecule has 0 radical (unpaired) electrons. The van der Waals surface area contributed by atoms with Crippen LogP contribution in [0, 0.1) is 0 Å². The van der Waals surface area contributed by atoms with E-state index in [1.165, 1.54) is 9.87 Å². The summed E-state index contributed by atoms with van der Waals surface area (Å²) >= 11 is 0. The molecule has 1 fully saturated rings. The molecule has 0 spiro atoms. The van der Waals surface area contributed by atoms with Gasteiger partial charge in [0.05, 0.1) is 4.90 Å². The molecule has 0 amide bonds. The van der Waals surface area contributed by atoms with Crippen LogP contribution < -0.4 is 5.32 Å². The van der Waals surface area contributed by atoms with Gasteiger partial charge in [0.15, 0.2) is 0 Å². The maximum absolute atomic E-state index is 12.6. The van der Waals surface area contributed by atoms with Crippen LogP contribution in [0.4, 0.5) is 0 Å². The van der Waals surface area contributed by atoms with Crippen molar-refractivity contribution in [1.29, 1.82) is 0 Å². The van der Waals surface area contributed by atoms with Crippen molar-refractivity contribution in [3.8, 4) is 0 Å². The number of likely N-dealkylation sites (N-methyl/N-ethyl adjacent to an activating group) is 1. The lowest BCUT2D eigenvalue weighted by Gasteiger charge is -2.23. The highest BCUT2D eigenvalue weighted by atomic mass is 32.2. The predicted molar refractivity (Wildman–Crippen MR) is 81.4 cm³/mol. The number of hydrogen-bond donors (Lipinski definition) is 1. The largest absolute Gasteiger partial charge is 0.315 e. The third-order valence-corrected chi connectivity index (χ3v) is 6.21. The summed E-state index contributed by atoms with van der Waals surface area (Å²) in [6, 6.07) is 7.39. The van der Waals surface area contributed by atoms with Gasteiger partial charge in [-0.25, -0.2) is 8.42 Å². The van der Waals surface area contributed by atoms with Gasteiger partial charge in [-0.05, 0) is 43.0 Å². The second kappa shape index (κ2) is 6.24. The van der Waals surface area contributed by atoms with Gasteiger partial charge in [-0.2, -0.15) is 4.31 Å². The third-order valence-electron chi connectivity index (χ3n) is 4.29. The minimum atomic E-state index is -3.38. The minimum Gasteiger partial charge on any atom is -0.315 e. The normalized spacial score (nSPS) is 21.3. The first-order chi connectivity index (χ1) is 9.46. The van der Waals surface area contributed by atoms with Gasteiger partial charge in [0.1, 0.15) is 0 Å². The molecule has 5 heteroatoms. The summed E-state index contributed by atoms with van der Waals surface area (Å²) in [4.78, 5) is 0.388. The molecule has 1 aromatic rings. The maximum atomic E-state index is 12.6. The van der Waals surface area contributed by atoms with E-state index in [0.29, 0.717) is 10.8 Å². The molecule has 1 heterocycles. The van der Waals surface area contributed by atoms with Crippen molar-refractivity contribution in [2.24, 2.45) is 0 Å². The van der Waals surface area contributed by atoms with E-state index in [1.54, 1.807) is 19.2 Å². The zero-order valence-corrected chi connectivity index (χ0v) is 13.3. The van der Waals surface area contributed by atoms with E-state index in [4.69, 9.17) is 0 Å². The topological polar surface area (TPSA) is 49.4 Å². The fourth-order valence-corrected chi connectivity index (χ4v) is 3.90. The smallest absolute Gasteiger partial charge is 0.243 e. The lowest BCUT2D eigenvalue weighted by molar-refractivity contribution is 0.388.